The van der Waals surface area contributed by atoms with Crippen LogP contribution >= 0.6 is 0 Å². The quantitative estimate of drug-likeness (QED) is 0.593. The molecule has 2 unspecified atom stereocenters. The standard InChI is InChI=1S/C21H27N7O2/c1-3-4-7-30-20-23-10-17-19(25-20)28(21(29)24-17)11-14-5-6-18(22-9-14)27-13-15-8-16(27)12-26(15)2/h5-6,9-10,15-16H,3-4,7-8,11-13H2,1-2H3,(H,24,29). The second-order valence-electron chi connectivity index (χ2n) is 8.27. The molecule has 0 spiro atoms. The Balaban J connectivity index is 1.34. The molecule has 9 nitrogen and oxygen atoms in total. The molecular formula is C21H27N7O2. The number of rotatable bonds is 7. The van der Waals surface area contributed by atoms with Gasteiger partial charge < -0.3 is 14.6 Å². The number of likely N-dealkylation sites (tertiary alicyclic amines) is 1. The van der Waals surface area contributed by atoms with Gasteiger partial charge in [-0.2, -0.15) is 4.98 Å². The summed E-state index contributed by atoms with van der Waals surface area (Å²) < 4.78 is 7.20. The lowest BCUT2D eigenvalue weighted by Gasteiger charge is -2.32. The Morgan fingerprint density at radius 1 is 1.20 bits per heavy atom. The topological polar surface area (TPSA) is 92.2 Å². The van der Waals surface area contributed by atoms with E-state index in [1.807, 2.05) is 12.3 Å². The summed E-state index contributed by atoms with van der Waals surface area (Å²) >= 11 is 0. The number of unbranched alkanes of at least 4 members (excludes halogenated alkanes) is 1. The lowest BCUT2D eigenvalue weighted by Crippen LogP contribution is -2.44. The highest BCUT2D eigenvalue weighted by molar-refractivity contribution is 5.69. The predicted octanol–water partition coefficient (Wildman–Crippen LogP) is 1.63. The third-order valence-electron chi connectivity index (χ3n) is 6.18. The molecule has 0 aliphatic carbocycles. The van der Waals surface area contributed by atoms with Crippen LogP contribution in [0.3, 0.4) is 0 Å². The van der Waals surface area contributed by atoms with Gasteiger partial charge >= 0.3 is 11.7 Å². The zero-order valence-electron chi connectivity index (χ0n) is 17.4. The number of piperazine rings is 1. The van der Waals surface area contributed by atoms with Crippen molar-refractivity contribution in [2.75, 3.05) is 31.6 Å². The number of nitrogens with zero attached hydrogens (tertiary/aromatic N) is 6. The largest absolute Gasteiger partial charge is 0.463 e. The molecule has 30 heavy (non-hydrogen) atoms. The molecule has 2 saturated heterocycles. The van der Waals surface area contributed by atoms with Gasteiger partial charge in [-0.05, 0) is 31.5 Å². The number of pyridine rings is 1. The molecule has 3 aromatic rings. The number of nitrogens with one attached hydrogen (secondary N) is 1. The van der Waals surface area contributed by atoms with Crippen molar-refractivity contribution in [1.29, 1.82) is 0 Å². The van der Waals surface area contributed by atoms with E-state index < -0.39 is 0 Å². The fourth-order valence-electron chi connectivity index (χ4n) is 4.46. The van der Waals surface area contributed by atoms with Crippen LogP contribution in [0.5, 0.6) is 6.01 Å². The fourth-order valence-corrected chi connectivity index (χ4v) is 4.46. The van der Waals surface area contributed by atoms with Gasteiger partial charge in [0.05, 0.1) is 19.3 Å². The number of fused-ring (bicyclic) bond motifs is 3. The fraction of sp³-hybridized carbons (Fsp3) is 0.524. The Bertz CT molecular complexity index is 1090. The minimum Gasteiger partial charge on any atom is -0.463 e. The predicted molar refractivity (Wildman–Crippen MR) is 114 cm³/mol. The molecule has 1 N–H and O–H groups in total. The first-order valence-electron chi connectivity index (χ1n) is 10.6. The van der Waals surface area contributed by atoms with Gasteiger partial charge in [-0.25, -0.2) is 14.8 Å². The second-order valence-corrected chi connectivity index (χ2v) is 8.27. The van der Waals surface area contributed by atoms with Crippen LogP contribution in [0.4, 0.5) is 5.82 Å². The van der Waals surface area contributed by atoms with E-state index >= 15 is 0 Å². The van der Waals surface area contributed by atoms with Crippen molar-refractivity contribution in [1.82, 2.24) is 29.4 Å². The highest BCUT2D eigenvalue weighted by Crippen LogP contribution is 2.32. The highest BCUT2D eigenvalue weighted by Gasteiger charge is 2.41. The molecule has 2 fully saturated rings. The van der Waals surface area contributed by atoms with E-state index in [0.29, 0.717) is 42.4 Å². The van der Waals surface area contributed by atoms with Crippen molar-refractivity contribution in [2.45, 2.75) is 44.8 Å². The van der Waals surface area contributed by atoms with Crippen LogP contribution in [0.25, 0.3) is 11.2 Å². The van der Waals surface area contributed by atoms with Crippen molar-refractivity contribution >= 4 is 17.0 Å². The lowest BCUT2D eigenvalue weighted by atomic mass is 10.2. The number of aromatic nitrogens is 5. The lowest BCUT2D eigenvalue weighted by molar-refractivity contribution is 0.286. The summed E-state index contributed by atoms with van der Waals surface area (Å²) in [6.45, 7) is 5.19. The van der Waals surface area contributed by atoms with Crippen molar-refractivity contribution in [3.05, 3.63) is 40.6 Å². The molecule has 0 saturated carbocycles. The molecule has 2 bridgehead atoms. The highest BCUT2D eigenvalue weighted by atomic mass is 16.5. The Kier molecular flexibility index (Phi) is 4.90. The van der Waals surface area contributed by atoms with E-state index in [9.17, 15) is 4.79 Å². The molecule has 2 aliphatic rings. The SMILES string of the molecule is CCCCOc1ncc2[nH]c(=O)n(Cc3ccc(N4CC5CC4CN5C)nc3)c2n1. The van der Waals surface area contributed by atoms with E-state index in [0.717, 1.165) is 37.3 Å². The van der Waals surface area contributed by atoms with Gasteiger partial charge in [-0.3, -0.25) is 9.47 Å². The van der Waals surface area contributed by atoms with E-state index in [2.05, 4.69) is 49.8 Å². The maximum absolute atomic E-state index is 12.5. The summed E-state index contributed by atoms with van der Waals surface area (Å²) in [5.74, 6) is 1.01. The summed E-state index contributed by atoms with van der Waals surface area (Å²) in [5.41, 5.74) is 1.89. The summed E-state index contributed by atoms with van der Waals surface area (Å²) in [5, 5.41) is 0. The summed E-state index contributed by atoms with van der Waals surface area (Å²) in [7, 11) is 2.20. The summed E-state index contributed by atoms with van der Waals surface area (Å²) in [6.07, 6.45) is 6.65. The number of ether oxygens (including phenoxy) is 1. The Labute approximate surface area is 174 Å². The molecule has 0 radical (unpaired) electrons. The zero-order chi connectivity index (χ0) is 20.7. The number of anilines is 1. The Morgan fingerprint density at radius 2 is 2.10 bits per heavy atom. The Morgan fingerprint density at radius 3 is 2.80 bits per heavy atom. The molecule has 0 amide bonds. The molecule has 5 rings (SSSR count). The van der Waals surface area contributed by atoms with Crippen LogP contribution in [-0.2, 0) is 6.54 Å². The van der Waals surface area contributed by atoms with Crippen molar-refractivity contribution in [3.63, 3.8) is 0 Å². The normalized spacial score (nSPS) is 21.1. The van der Waals surface area contributed by atoms with Gasteiger partial charge in [0, 0.05) is 31.4 Å². The number of hydrogen-bond donors (Lipinski definition) is 1. The first-order chi connectivity index (χ1) is 14.6. The second kappa shape index (κ2) is 7.71. The first kappa shape index (κ1) is 19.0. The van der Waals surface area contributed by atoms with E-state index in [4.69, 9.17) is 4.74 Å². The molecule has 9 heteroatoms. The number of likely N-dealkylation sites (N-methyl/N-ethyl adjacent to an activating group) is 1. The minimum absolute atomic E-state index is 0.214. The van der Waals surface area contributed by atoms with Crippen LogP contribution in [0, 0.1) is 0 Å². The van der Waals surface area contributed by atoms with E-state index in [1.165, 1.54) is 6.42 Å². The average Bonchev–Trinajstić information content (AvgIpc) is 3.41. The van der Waals surface area contributed by atoms with Crippen molar-refractivity contribution < 1.29 is 4.74 Å². The first-order valence-corrected chi connectivity index (χ1v) is 10.6. The monoisotopic (exact) mass is 409 g/mol. The van der Waals surface area contributed by atoms with E-state index in [-0.39, 0.29) is 5.69 Å². The van der Waals surface area contributed by atoms with Crippen molar-refractivity contribution in [3.8, 4) is 6.01 Å². The van der Waals surface area contributed by atoms with Crippen LogP contribution in [0.1, 0.15) is 31.7 Å². The number of aromatic amines is 1. The van der Waals surface area contributed by atoms with Gasteiger partial charge in [0.2, 0.25) is 0 Å². The average molecular weight is 409 g/mol. The van der Waals surface area contributed by atoms with Gasteiger partial charge in [0.1, 0.15) is 11.3 Å². The van der Waals surface area contributed by atoms with Crippen LogP contribution < -0.4 is 15.3 Å². The third kappa shape index (κ3) is 3.43. The molecule has 3 aromatic heterocycles. The van der Waals surface area contributed by atoms with Crippen LogP contribution in [0.15, 0.2) is 29.3 Å². The number of H-pyrrole nitrogens is 1. The van der Waals surface area contributed by atoms with Crippen LogP contribution in [0.2, 0.25) is 0 Å². The minimum atomic E-state index is -0.214. The van der Waals surface area contributed by atoms with Gasteiger partial charge in [0.25, 0.3) is 0 Å². The molecule has 2 atom stereocenters. The summed E-state index contributed by atoms with van der Waals surface area (Å²) in [6, 6.07) is 5.59. The Hall–Kier alpha value is -2.94. The number of imidazole rings is 1. The number of hydrogen-bond acceptors (Lipinski definition) is 7. The van der Waals surface area contributed by atoms with E-state index in [1.54, 1.807) is 10.8 Å². The molecular weight excluding hydrogens is 382 g/mol. The molecule has 2 aliphatic heterocycles. The zero-order valence-corrected chi connectivity index (χ0v) is 17.4. The van der Waals surface area contributed by atoms with Gasteiger partial charge in [-0.1, -0.05) is 19.4 Å². The van der Waals surface area contributed by atoms with Crippen molar-refractivity contribution in [2.24, 2.45) is 0 Å². The maximum atomic E-state index is 12.5. The molecule has 0 aromatic carbocycles. The van der Waals surface area contributed by atoms with Gasteiger partial charge in [0.15, 0.2) is 5.65 Å². The van der Waals surface area contributed by atoms with Gasteiger partial charge in [-0.15, -0.1) is 0 Å². The third-order valence-corrected chi connectivity index (χ3v) is 6.18. The molecule has 5 heterocycles. The smallest absolute Gasteiger partial charge is 0.328 e. The molecule has 158 valence electrons. The maximum Gasteiger partial charge on any atom is 0.328 e. The van der Waals surface area contributed by atoms with Crippen LogP contribution in [-0.4, -0.2) is 68.2 Å². The summed E-state index contributed by atoms with van der Waals surface area (Å²) in [4.78, 5) is 33.4.